The fraction of sp³-hybridized carbons (Fsp3) is 0.250. The second-order valence-electron chi connectivity index (χ2n) is 4.72. The van der Waals surface area contributed by atoms with Gasteiger partial charge in [0, 0.05) is 11.7 Å². The maximum absolute atomic E-state index is 13.2. The summed E-state index contributed by atoms with van der Waals surface area (Å²) in [5.41, 5.74) is 3.04. The van der Waals surface area contributed by atoms with Crippen LogP contribution in [0.5, 0.6) is 5.75 Å². The number of anilines is 1. The van der Waals surface area contributed by atoms with Crippen molar-refractivity contribution in [3.8, 4) is 5.75 Å². The molecule has 0 bridgehead atoms. The molecular weight excluding hydrogens is 277 g/mol. The molecule has 4 heteroatoms. The largest absolute Gasteiger partial charge is 0.497 e. The molecule has 0 heterocycles. The van der Waals surface area contributed by atoms with Gasteiger partial charge in [-0.2, -0.15) is 0 Å². The lowest BCUT2D eigenvalue weighted by Crippen LogP contribution is -2.08. The lowest BCUT2D eigenvalue weighted by Gasteiger charge is -2.18. The van der Waals surface area contributed by atoms with E-state index >= 15 is 0 Å². The molecule has 1 unspecified atom stereocenters. The van der Waals surface area contributed by atoms with Crippen molar-refractivity contribution in [1.29, 1.82) is 0 Å². The van der Waals surface area contributed by atoms with Crippen molar-refractivity contribution < 1.29 is 9.13 Å². The average molecular weight is 294 g/mol. The highest BCUT2D eigenvalue weighted by Crippen LogP contribution is 2.27. The van der Waals surface area contributed by atoms with Gasteiger partial charge < -0.3 is 10.1 Å². The fourth-order valence-electron chi connectivity index (χ4n) is 2.02. The van der Waals surface area contributed by atoms with Gasteiger partial charge in [0.2, 0.25) is 0 Å². The first-order chi connectivity index (χ1) is 9.51. The lowest BCUT2D eigenvalue weighted by atomic mass is 10.1. The summed E-state index contributed by atoms with van der Waals surface area (Å²) in [6, 6.07) is 10.6. The first kappa shape index (κ1) is 14.7. The Morgan fingerprint density at radius 1 is 1.20 bits per heavy atom. The second kappa shape index (κ2) is 6.14. The van der Waals surface area contributed by atoms with Crippen LogP contribution in [-0.2, 0) is 0 Å². The summed E-state index contributed by atoms with van der Waals surface area (Å²) in [6.45, 7) is 4.02. The SMILES string of the molecule is COc1ccc(NC(C)c2ccc(F)c(Cl)c2)c(C)c1. The molecule has 106 valence electrons. The predicted molar refractivity (Wildman–Crippen MR) is 81.2 cm³/mol. The van der Waals surface area contributed by atoms with Gasteiger partial charge in [-0.15, -0.1) is 0 Å². The summed E-state index contributed by atoms with van der Waals surface area (Å²) in [5, 5.41) is 3.53. The molecule has 0 aliphatic rings. The zero-order valence-electron chi connectivity index (χ0n) is 11.7. The van der Waals surface area contributed by atoms with E-state index in [1.165, 1.54) is 6.07 Å². The van der Waals surface area contributed by atoms with Crippen LogP contribution >= 0.6 is 11.6 Å². The van der Waals surface area contributed by atoms with E-state index in [-0.39, 0.29) is 11.1 Å². The molecule has 2 rings (SSSR count). The van der Waals surface area contributed by atoms with Crippen LogP contribution in [-0.4, -0.2) is 7.11 Å². The molecule has 0 saturated carbocycles. The molecule has 0 aliphatic carbocycles. The smallest absolute Gasteiger partial charge is 0.141 e. The molecule has 0 amide bonds. The van der Waals surface area contributed by atoms with E-state index in [1.54, 1.807) is 19.2 Å². The van der Waals surface area contributed by atoms with Crippen molar-refractivity contribution in [2.45, 2.75) is 19.9 Å². The number of nitrogens with one attached hydrogen (secondary N) is 1. The first-order valence-electron chi connectivity index (χ1n) is 6.37. The Hall–Kier alpha value is -1.74. The summed E-state index contributed by atoms with van der Waals surface area (Å²) < 4.78 is 18.4. The van der Waals surface area contributed by atoms with Crippen LogP contribution in [0.1, 0.15) is 24.1 Å². The number of hydrogen-bond acceptors (Lipinski definition) is 2. The molecule has 1 atom stereocenters. The molecular formula is C16H17ClFNO. The van der Waals surface area contributed by atoms with Crippen molar-refractivity contribution in [2.24, 2.45) is 0 Å². The molecule has 0 saturated heterocycles. The number of ether oxygens (including phenoxy) is 1. The van der Waals surface area contributed by atoms with Crippen LogP contribution in [0.25, 0.3) is 0 Å². The van der Waals surface area contributed by atoms with E-state index in [2.05, 4.69) is 5.32 Å². The summed E-state index contributed by atoms with van der Waals surface area (Å²) in [4.78, 5) is 0. The molecule has 2 aromatic carbocycles. The second-order valence-corrected chi connectivity index (χ2v) is 5.13. The standard InChI is InChI=1S/C16H17ClFNO/c1-10-8-13(20-3)5-7-16(10)19-11(2)12-4-6-15(18)14(17)9-12/h4-9,11,19H,1-3H3. The number of hydrogen-bond donors (Lipinski definition) is 1. The van der Waals surface area contributed by atoms with Crippen LogP contribution < -0.4 is 10.1 Å². The minimum Gasteiger partial charge on any atom is -0.497 e. The third kappa shape index (κ3) is 3.23. The van der Waals surface area contributed by atoms with E-state index in [4.69, 9.17) is 16.3 Å². The zero-order chi connectivity index (χ0) is 14.7. The zero-order valence-corrected chi connectivity index (χ0v) is 12.5. The van der Waals surface area contributed by atoms with Crippen molar-refractivity contribution in [2.75, 3.05) is 12.4 Å². The summed E-state index contributed by atoms with van der Waals surface area (Å²) >= 11 is 5.81. The highest BCUT2D eigenvalue weighted by molar-refractivity contribution is 6.30. The monoisotopic (exact) mass is 293 g/mol. The predicted octanol–water partition coefficient (Wildman–Crippen LogP) is 4.97. The van der Waals surface area contributed by atoms with Gasteiger partial charge in [-0.25, -0.2) is 4.39 Å². The molecule has 0 aliphatic heterocycles. The van der Waals surface area contributed by atoms with Crippen molar-refractivity contribution in [1.82, 2.24) is 0 Å². The third-order valence-corrected chi connectivity index (χ3v) is 3.54. The quantitative estimate of drug-likeness (QED) is 0.859. The van der Waals surface area contributed by atoms with Gasteiger partial charge in [0.05, 0.1) is 12.1 Å². The van der Waals surface area contributed by atoms with Gasteiger partial charge in [-0.05, 0) is 55.3 Å². The van der Waals surface area contributed by atoms with E-state index in [1.807, 2.05) is 32.0 Å². The number of aryl methyl sites for hydroxylation is 1. The van der Waals surface area contributed by atoms with Crippen LogP contribution in [0.3, 0.4) is 0 Å². The molecule has 0 spiro atoms. The first-order valence-corrected chi connectivity index (χ1v) is 6.75. The normalized spacial score (nSPS) is 12.1. The highest BCUT2D eigenvalue weighted by Gasteiger charge is 2.09. The highest BCUT2D eigenvalue weighted by atomic mass is 35.5. The van der Waals surface area contributed by atoms with Crippen molar-refractivity contribution >= 4 is 17.3 Å². The van der Waals surface area contributed by atoms with Gasteiger partial charge in [-0.3, -0.25) is 0 Å². The van der Waals surface area contributed by atoms with E-state index < -0.39 is 5.82 Å². The molecule has 20 heavy (non-hydrogen) atoms. The lowest BCUT2D eigenvalue weighted by molar-refractivity contribution is 0.414. The van der Waals surface area contributed by atoms with Crippen LogP contribution in [0.2, 0.25) is 5.02 Å². The maximum Gasteiger partial charge on any atom is 0.141 e. The van der Waals surface area contributed by atoms with Gasteiger partial charge in [0.1, 0.15) is 11.6 Å². The molecule has 0 aromatic heterocycles. The van der Waals surface area contributed by atoms with Crippen LogP contribution in [0.4, 0.5) is 10.1 Å². The minimum atomic E-state index is -0.400. The molecule has 2 nitrogen and oxygen atoms in total. The Balaban J connectivity index is 2.18. The number of rotatable bonds is 4. The Morgan fingerprint density at radius 3 is 2.55 bits per heavy atom. The Kier molecular flexibility index (Phi) is 4.50. The molecule has 0 fully saturated rings. The van der Waals surface area contributed by atoms with Crippen molar-refractivity contribution in [3.05, 3.63) is 58.4 Å². The van der Waals surface area contributed by atoms with Crippen LogP contribution in [0.15, 0.2) is 36.4 Å². The van der Waals surface area contributed by atoms with Gasteiger partial charge in [0.25, 0.3) is 0 Å². The van der Waals surface area contributed by atoms with Gasteiger partial charge >= 0.3 is 0 Å². The summed E-state index contributed by atoms with van der Waals surface area (Å²) in [6.07, 6.45) is 0. The minimum absolute atomic E-state index is 0.0280. The summed E-state index contributed by atoms with van der Waals surface area (Å²) in [7, 11) is 1.64. The maximum atomic E-state index is 13.2. The van der Waals surface area contributed by atoms with E-state index in [0.717, 1.165) is 22.6 Å². The molecule has 1 N–H and O–H groups in total. The van der Waals surface area contributed by atoms with E-state index in [9.17, 15) is 4.39 Å². The number of halogens is 2. The topological polar surface area (TPSA) is 21.3 Å². The Labute approximate surface area is 123 Å². The van der Waals surface area contributed by atoms with Gasteiger partial charge in [-0.1, -0.05) is 17.7 Å². The average Bonchev–Trinajstić information content (AvgIpc) is 2.43. The van der Waals surface area contributed by atoms with Crippen molar-refractivity contribution in [3.63, 3.8) is 0 Å². The summed E-state index contributed by atoms with van der Waals surface area (Å²) in [5.74, 6) is 0.425. The third-order valence-electron chi connectivity index (χ3n) is 3.25. The van der Waals surface area contributed by atoms with Gasteiger partial charge in [0.15, 0.2) is 0 Å². The van der Waals surface area contributed by atoms with E-state index in [0.29, 0.717) is 0 Å². The molecule has 2 aromatic rings. The number of methoxy groups -OCH3 is 1. The Morgan fingerprint density at radius 2 is 1.95 bits per heavy atom. The fourth-order valence-corrected chi connectivity index (χ4v) is 2.21. The Bertz CT molecular complexity index is 615. The van der Waals surface area contributed by atoms with Crippen LogP contribution in [0, 0.1) is 12.7 Å². The molecule has 0 radical (unpaired) electrons. The number of benzene rings is 2.